The van der Waals surface area contributed by atoms with Crippen molar-refractivity contribution in [1.29, 1.82) is 0 Å². The average molecular weight is 385 g/mol. The lowest BCUT2D eigenvalue weighted by atomic mass is 10.2. The van der Waals surface area contributed by atoms with E-state index in [1.165, 1.54) is 12.1 Å². The lowest BCUT2D eigenvalue weighted by Crippen LogP contribution is -2.11. The van der Waals surface area contributed by atoms with Crippen LogP contribution in [0, 0.1) is 0 Å². The number of rotatable bonds is 4. The Morgan fingerprint density at radius 3 is 2.63 bits per heavy atom. The molecule has 0 spiro atoms. The van der Waals surface area contributed by atoms with Crippen LogP contribution in [0.2, 0.25) is 0 Å². The second-order valence-electron chi connectivity index (χ2n) is 5.85. The van der Waals surface area contributed by atoms with Gasteiger partial charge in [-0.1, -0.05) is 12.1 Å². The Labute approximate surface area is 170 Å². The van der Waals surface area contributed by atoms with Gasteiger partial charge in [0.05, 0.1) is 5.56 Å². The molecule has 0 bridgehead atoms. The van der Waals surface area contributed by atoms with Crippen molar-refractivity contribution in [3.8, 4) is 17.1 Å². The maximum atomic E-state index is 7.72. The third kappa shape index (κ3) is 3.08. The molecule has 2 N–H and O–H groups in total. The molecule has 0 aliphatic rings. The van der Waals surface area contributed by atoms with Crippen molar-refractivity contribution >= 4 is 34.4 Å². The highest BCUT2D eigenvalue weighted by Crippen LogP contribution is 2.31. The first kappa shape index (κ1) is 11.6. The number of anilines is 2. The molecule has 1 aromatic carbocycles. The summed E-state index contributed by atoms with van der Waals surface area (Å²) in [5.74, 6) is 0.778. The summed E-state index contributed by atoms with van der Waals surface area (Å²) in [6.45, 7) is -5.87. The molecule has 27 heavy (non-hydrogen) atoms. The molecule has 0 saturated carbocycles. The predicted molar refractivity (Wildman–Crippen MR) is 110 cm³/mol. The fraction of sp³-hybridized carbons (Fsp3) is 0.150. The minimum absolute atomic E-state index is 0.230. The van der Waals surface area contributed by atoms with Crippen LogP contribution >= 0.6 is 11.6 Å². The Hall–Kier alpha value is -3.12. The Morgan fingerprint density at radius 1 is 1.11 bits per heavy atom. The highest BCUT2D eigenvalue weighted by atomic mass is 35.5. The van der Waals surface area contributed by atoms with E-state index in [-0.39, 0.29) is 17.3 Å². The summed E-state index contributed by atoms with van der Waals surface area (Å²) in [6.07, 6.45) is 1.56. The normalized spacial score (nSPS) is 15.3. The number of imidazole rings is 1. The van der Waals surface area contributed by atoms with Gasteiger partial charge in [0.2, 0.25) is 0 Å². The molecule has 4 aromatic rings. The maximum absolute atomic E-state index is 7.72. The van der Waals surface area contributed by atoms with E-state index in [0.717, 1.165) is 5.56 Å². The number of pyridine rings is 2. The van der Waals surface area contributed by atoms with Crippen LogP contribution in [0.15, 0.2) is 54.7 Å². The lowest BCUT2D eigenvalue weighted by Gasteiger charge is -2.13. The molecule has 0 fully saturated rings. The first-order valence-corrected chi connectivity index (χ1v) is 8.60. The van der Waals surface area contributed by atoms with Crippen LogP contribution in [0.3, 0.4) is 0 Å². The predicted octanol–water partition coefficient (Wildman–Crippen LogP) is 3.87. The Morgan fingerprint density at radius 2 is 1.93 bits per heavy atom. The van der Waals surface area contributed by atoms with Crippen LogP contribution in [0.1, 0.15) is 13.8 Å². The minimum Gasteiger partial charge on any atom is -0.383 e. The van der Waals surface area contributed by atoms with Crippen molar-refractivity contribution in [2.45, 2.75) is 5.88 Å². The maximum Gasteiger partial charge on any atom is 0.167 e. The van der Waals surface area contributed by atoms with Gasteiger partial charge in [-0.2, -0.15) is 0 Å². The van der Waals surface area contributed by atoms with Crippen molar-refractivity contribution in [2.75, 3.05) is 24.6 Å². The topological polar surface area (TPSA) is 72.9 Å². The van der Waals surface area contributed by atoms with E-state index in [2.05, 4.69) is 15.0 Å². The van der Waals surface area contributed by atoms with E-state index in [1.807, 2.05) is 24.3 Å². The van der Waals surface area contributed by atoms with Gasteiger partial charge in [0, 0.05) is 39.9 Å². The summed E-state index contributed by atoms with van der Waals surface area (Å²) in [6, 6.07) is 13.6. The molecule has 136 valence electrons. The number of hydrogen-bond donors (Lipinski definition) is 1. The molecule has 0 aliphatic carbocycles. The molecule has 7 heteroatoms. The molecular formula is C20H19ClN6. The molecule has 4 rings (SSSR count). The Balaban J connectivity index is 2.02. The number of benzene rings is 1. The van der Waals surface area contributed by atoms with Crippen molar-refractivity contribution in [3.05, 3.63) is 60.3 Å². The zero-order valence-electron chi connectivity index (χ0n) is 20.1. The Bertz CT molecular complexity index is 1290. The van der Waals surface area contributed by atoms with Crippen molar-refractivity contribution in [1.82, 2.24) is 19.5 Å². The number of aromatic nitrogens is 4. The van der Waals surface area contributed by atoms with E-state index in [0.29, 0.717) is 33.4 Å². The quantitative estimate of drug-likeness (QED) is 0.541. The molecule has 0 radical (unpaired) electrons. The van der Waals surface area contributed by atoms with Gasteiger partial charge in [-0.3, -0.25) is 4.57 Å². The third-order valence-electron chi connectivity index (χ3n) is 4.15. The van der Waals surface area contributed by atoms with Gasteiger partial charge in [-0.25, -0.2) is 15.0 Å². The summed E-state index contributed by atoms with van der Waals surface area (Å²) < 4.78 is 48.0. The van der Waals surface area contributed by atoms with Crippen LogP contribution in [0.25, 0.3) is 28.2 Å². The van der Waals surface area contributed by atoms with Gasteiger partial charge in [0.1, 0.15) is 17.2 Å². The first-order valence-electron chi connectivity index (χ1n) is 11.1. The van der Waals surface area contributed by atoms with E-state index < -0.39 is 14.0 Å². The van der Waals surface area contributed by atoms with Crippen LogP contribution < -0.4 is 10.6 Å². The molecule has 0 amide bonds. The number of fused-ring (bicyclic) bond motifs is 1. The molecule has 0 aliphatic heterocycles. The summed E-state index contributed by atoms with van der Waals surface area (Å²) in [4.78, 5) is 13.5. The van der Waals surface area contributed by atoms with E-state index in [9.17, 15) is 0 Å². The standard InChI is InChI=1S/C20H19ClN6/c1-26(2)17-10-9-16-20(25-17)27(14-7-5-13(12-21)6-8-14)19(24-16)15-4-3-11-23-18(15)22/h3-11H,12H2,1-2H3,(H2,22,23)/i1D3,2D3. The monoisotopic (exact) mass is 384 g/mol. The number of nitrogens with two attached hydrogens (primary N) is 1. The number of alkyl halides is 1. The number of halogens is 1. The van der Waals surface area contributed by atoms with Crippen molar-refractivity contribution in [3.63, 3.8) is 0 Å². The summed E-state index contributed by atoms with van der Waals surface area (Å²) in [7, 11) is 0. The summed E-state index contributed by atoms with van der Waals surface area (Å²) in [5.41, 5.74) is 8.89. The van der Waals surface area contributed by atoms with E-state index in [1.54, 1.807) is 22.9 Å². The highest BCUT2D eigenvalue weighted by Gasteiger charge is 2.18. The fourth-order valence-corrected chi connectivity index (χ4v) is 3.02. The van der Waals surface area contributed by atoms with Crippen LogP contribution in [-0.4, -0.2) is 33.5 Å². The van der Waals surface area contributed by atoms with Gasteiger partial charge in [-0.15, -0.1) is 11.6 Å². The number of hydrogen-bond acceptors (Lipinski definition) is 5. The largest absolute Gasteiger partial charge is 0.383 e. The van der Waals surface area contributed by atoms with Crippen molar-refractivity contribution in [2.24, 2.45) is 0 Å². The van der Waals surface area contributed by atoms with Gasteiger partial charge in [-0.05, 0) is 42.0 Å². The zero-order valence-corrected chi connectivity index (χ0v) is 14.9. The summed E-state index contributed by atoms with van der Waals surface area (Å²) in [5, 5.41) is 0. The van der Waals surface area contributed by atoms with E-state index in [4.69, 9.17) is 25.6 Å². The number of nitrogen functional groups attached to an aromatic ring is 1. The highest BCUT2D eigenvalue weighted by molar-refractivity contribution is 6.17. The second kappa shape index (κ2) is 6.89. The SMILES string of the molecule is [2H]C([2H])([2H])N(c1ccc2nc(-c3cccnc3N)n(-c3ccc(CCl)cc3)c2n1)C([2H])([2H])[2H]. The summed E-state index contributed by atoms with van der Waals surface area (Å²) >= 11 is 5.92. The molecule has 0 atom stereocenters. The minimum atomic E-state index is -2.94. The van der Waals surface area contributed by atoms with Gasteiger partial charge < -0.3 is 10.6 Å². The van der Waals surface area contributed by atoms with E-state index >= 15 is 0 Å². The zero-order chi connectivity index (χ0) is 24.0. The van der Waals surface area contributed by atoms with Crippen LogP contribution in [0.4, 0.5) is 11.6 Å². The molecule has 3 aromatic heterocycles. The van der Waals surface area contributed by atoms with Crippen LogP contribution in [0.5, 0.6) is 0 Å². The van der Waals surface area contributed by atoms with Gasteiger partial charge in [0.15, 0.2) is 11.5 Å². The number of nitrogens with zero attached hydrogens (tertiary/aromatic N) is 5. The second-order valence-corrected chi connectivity index (χ2v) is 6.12. The molecule has 6 nitrogen and oxygen atoms in total. The van der Waals surface area contributed by atoms with Crippen molar-refractivity contribution < 1.29 is 8.22 Å². The average Bonchev–Trinajstić information content (AvgIpc) is 3.10. The Kier molecular flexibility index (Phi) is 2.95. The third-order valence-corrected chi connectivity index (χ3v) is 4.46. The van der Waals surface area contributed by atoms with Gasteiger partial charge >= 0.3 is 0 Å². The first-order chi connectivity index (χ1) is 15.5. The molecule has 0 saturated heterocycles. The lowest BCUT2D eigenvalue weighted by molar-refractivity contribution is 1.04. The molecule has 0 unspecified atom stereocenters. The smallest absolute Gasteiger partial charge is 0.167 e. The van der Waals surface area contributed by atoms with Crippen LogP contribution in [-0.2, 0) is 5.88 Å². The molecular weight excluding hydrogens is 360 g/mol. The van der Waals surface area contributed by atoms with Gasteiger partial charge in [0.25, 0.3) is 0 Å². The molecule has 3 heterocycles. The fourth-order valence-electron chi connectivity index (χ4n) is 2.84.